The molecule has 0 unspecified atom stereocenters. The van der Waals surface area contributed by atoms with Crippen LogP contribution in [-0.4, -0.2) is 9.55 Å². The third-order valence-corrected chi connectivity index (χ3v) is 2.57. The van der Waals surface area contributed by atoms with E-state index in [0.29, 0.717) is 0 Å². The number of hydrogen-bond donors (Lipinski definition) is 1. The molecule has 1 heterocycles. The Balaban J connectivity index is 2.08. The van der Waals surface area contributed by atoms with Gasteiger partial charge in [-0.15, -0.1) is 0 Å². The highest BCUT2D eigenvalue weighted by atomic mass is 15.2. The molecule has 3 nitrogen and oxygen atoms in total. The Morgan fingerprint density at radius 2 is 2.00 bits per heavy atom. The van der Waals surface area contributed by atoms with E-state index in [0.717, 1.165) is 18.1 Å². The van der Waals surface area contributed by atoms with E-state index in [1.165, 1.54) is 12.0 Å². The Kier molecular flexibility index (Phi) is 3.25. The quantitative estimate of drug-likeness (QED) is 0.849. The van der Waals surface area contributed by atoms with E-state index in [1.54, 1.807) is 6.20 Å². The number of imidazole rings is 1. The number of benzene rings is 1. The van der Waals surface area contributed by atoms with Gasteiger partial charge in [0.25, 0.3) is 0 Å². The fourth-order valence-corrected chi connectivity index (χ4v) is 1.66. The lowest BCUT2D eigenvalue weighted by Crippen LogP contribution is -1.98. The monoisotopic (exact) mass is 215 g/mol. The van der Waals surface area contributed by atoms with Crippen molar-refractivity contribution in [3.8, 4) is 0 Å². The van der Waals surface area contributed by atoms with Crippen LogP contribution in [0.2, 0.25) is 0 Å². The van der Waals surface area contributed by atoms with Gasteiger partial charge < -0.3 is 9.88 Å². The van der Waals surface area contributed by atoms with Gasteiger partial charge in [0.2, 0.25) is 5.95 Å². The van der Waals surface area contributed by atoms with E-state index >= 15 is 0 Å². The van der Waals surface area contributed by atoms with Crippen LogP contribution in [0.5, 0.6) is 0 Å². The Morgan fingerprint density at radius 1 is 1.25 bits per heavy atom. The van der Waals surface area contributed by atoms with Gasteiger partial charge in [-0.25, -0.2) is 4.98 Å². The molecule has 1 aromatic heterocycles. The zero-order valence-corrected chi connectivity index (χ0v) is 9.77. The van der Waals surface area contributed by atoms with Gasteiger partial charge in [-0.3, -0.25) is 0 Å². The standard InChI is InChI=1S/C13H17N3/c1-3-4-11-5-7-12(8-6-11)15-13-14-9-10-16(13)2/h5-10H,3-4H2,1-2H3,(H,14,15). The molecule has 2 aromatic rings. The number of aromatic nitrogens is 2. The van der Waals surface area contributed by atoms with Crippen molar-refractivity contribution in [1.82, 2.24) is 9.55 Å². The van der Waals surface area contributed by atoms with E-state index in [2.05, 4.69) is 41.5 Å². The second-order valence-corrected chi connectivity index (χ2v) is 3.93. The predicted octanol–water partition coefficient (Wildman–Crippen LogP) is 3.12. The lowest BCUT2D eigenvalue weighted by molar-refractivity contribution is 0.919. The second-order valence-electron chi connectivity index (χ2n) is 3.93. The van der Waals surface area contributed by atoms with Crippen LogP contribution in [0.3, 0.4) is 0 Å². The maximum Gasteiger partial charge on any atom is 0.207 e. The molecule has 0 aliphatic carbocycles. The van der Waals surface area contributed by atoms with Crippen molar-refractivity contribution < 1.29 is 0 Å². The molecule has 0 aliphatic heterocycles. The van der Waals surface area contributed by atoms with Gasteiger partial charge in [-0.05, 0) is 24.1 Å². The normalized spacial score (nSPS) is 10.4. The van der Waals surface area contributed by atoms with Gasteiger partial charge in [0.1, 0.15) is 0 Å². The molecule has 1 N–H and O–H groups in total. The van der Waals surface area contributed by atoms with Crippen molar-refractivity contribution in [1.29, 1.82) is 0 Å². The van der Waals surface area contributed by atoms with Crippen molar-refractivity contribution in [3.05, 3.63) is 42.2 Å². The molecule has 16 heavy (non-hydrogen) atoms. The summed E-state index contributed by atoms with van der Waals surface area (Å²) < 4.78 is 1.96. The van der Waals surface area contributed by atoms with E-state index in [-0.39, 0.29) is 0 Å². The first-order valence-corrected chi connectivity index (χ1v) is 5.63. The summed E-state index contributed by atoms with van der Waals surface area (Å²) in [7, 11) is 1.97. The van der Waals surface area contributed by atoms with Crippen LogP contribution in [0.25, 0.3) is 0 Å². The molecule has 84 valence electrons. The fourth-order valence-electron chi connectivity index (χ4n) is 1.66. The molecule has 0 saturated heterocycles. The molecular weight excluding hydrogens is 198 g/mol. The Morgan fingerprint density at radius 3 is 2.56 bits per heavy atom. The summed E-state index contributed by atoms with van der Waals surface area (Å²) >= 11 is 0. The highest BCUT2D eigenvalue weighted by Gasteiger charge is 1.99. The topological polar surface area (TPSA) is 29.9 Å². The Hall–Kier alpha value is -1.77. The predicted molar refractivity (Wildman–Crippen MR) is 66.9 cm³/mol. The van der Waals surface area contributed by atoms with E-state index in [4.69, 9.17) is 0 Å². The molecule has 0 radical (unpaired) electrons. The molecule has 0 fully saturated rings. The van der Waals surface area contributed by atoms with Gasteiger partial charge in [0.05, 0.1) is 0 Å². The lowest BCUT2D eigenvalue weighted by atomic mass is 10.1. The molecule has 1 aromatic carbocycles. The zero-order valence-electron chi connectivity index (χ0n) is 9.77. The van der Waals surface area contributed by atoms with Gasteiger partial charge in [-0.2, -0.15) is 0 Å². The third-order valence-electron chi connectivity index (χ3n) is 2.57. The smallest absolute Gasteiger partial charge is 0.207 e. The Labute approximate surface area is 96.1 Å². The van der Waals surface area contributed by atoms with E-state index in [1.807, 2.05) is 17.8 Å². The van der Waals surface area contributed by atoms with Gasteiger partial charge in [0, 0.05) is 25.1 Å². The van der Waals surface area contributed by atoms with Crippen molar-refractivity contribution in [2.24, 2.45) is 7.05 Å². The first-order valence-electron chi connectivity index (χ1n) is 5.63. The molecular formula is C13H17N3. The highest BCUT2D eigenvalue weighted by Crippen LogP contribution is 2.15. The minimum atomic E-state index is 0.864. The van der Waals surface area contributed by atoms with Crippen molar-refractivity contribution in [2.45, 2.75) is 19.8 Å². The zero-order chi connectivity index (χ0) is 11.4. The van der Waals surface area contributed by atoms with Crippen molar-refractivity contribution in [3.63, 3.8) is 0 Å². The summed E-state index contributed by atoms with van der Waals surface area (Å²) in [6, 6.07) is 8.52. The van der Waals surface area contributed by atoms with Crippen molar-refractivity contribution in [2.75, 3.05) is 5.32 Å². The second kappa shape index (κ2) is 4.84. The van der Waals surface area contributed by atoms with Gasteiger partial charge in [0.15, 0.2) is 0 Å². The summed E-state index contributed by atoms with van der Waals surface area (Å²) in [5, 5.41) is 3.27. The Bertz CT molecular complexity index is 442. The molecule has 0 saturated carbocycles. The first-order chi connectivity index (χ1) is 7.79. The number of nitrogens with zero attached hydrogens (tertiary/aromatic N) is 2. The largest absolute Gasteiger partial charge is 0.326 e. The van der Waals surface area contributed by atoms with Crippen LogP contribution in [0, 0.1) is 0 Å². The molecule has 2 rings (SSSR count). The number of nitrogens with one attached hydrogen (secondary N) is 1. The fraction of sp³-hybridized carbons (Fsp3) is 0.308. The lowest BCUT2D eigenvalue weighted by Gasteiger charge is -2.06. The highest BCUT2D eigenvalue weighted by molar-refractivity contribution is 5.53. The van der Waals surface area contributed by atoms with Crippen molar-refractivity contribution >= 4 is 11.6 Å². The van der Waals surface area contributed by atoms with Crippen LogP contribution in [0.15, 0.2) is 36.7 Å². The third kappa shape index (κ3) is 2.42. The summed E-state index contributed by atoms with van der Waals surface area (Å²) in [5.41, 5.74) is 2.46. The van der Waals surface area contributed by atoms with Crippen LogP contribution in [0.4, 0.5) is 11.6 Å². The summed E-state index contributed by atoms with van der Waals surface area (Å²) in [6.07, 6.45) is 6.04. The maximum atomic E-state index is 4.22. The minimum Gasteiger partial charge on any atom is -0.326 e. The minimum absolute atomic E-state index is 0.864. The van der Waals surface area contributed by atoms with E-state index in [9.17, 15) is 0 Å². The average molecular weight is 215 g/mol. The van der Waals surface area contributed by atoms with E-state index < -0.39 is 0 Å². The summed E-state index contributed by atoms with van der Waals surface area (Å²) in [5.74, 6) is 0.864. The SMILES string of the molecule is CCCc1ccc(Nc2nccn2C)cc1. The molecule has 0 amide bonds. The van der Waals surface area contributed by atoms with Crippen LogP contribution in [0.1, 0.15) is 18.9 Å². The van der Waals surface area contributed by atoms with Crippen LogP contribution in [-0.2, 0) is 13.5 Å². The molecule has 3 heteroatoms. The van der Waals surface area contributed by atoms with Crippen LogP contribution >= 0.6 is 0 Å². The van der Waals surface area contributed by atoms with Gasteiger partial charge >= 0.3 is 0 Å². The number of hydrogen-bond acceptors (Lipinski definition) is 2. The molecule has 0 aliphatic rings. The molecule has 0 spiro atoms. The molecule has 0 atom stereocenters. The average Bonchev–Trinajstić information content (AvgIpc) is 2.68. The number of anilines is 2. The van der Waals surface area contributed by atoms with Gasteiger partial charge in [-0.1, -0.05) is 25.5 Å². The van der Waals surface area contributed by atoms with Crippen LogP contribution < -0.4 is 5.32 Å². The number of aryl methyl sites for hydroxylation is 2. The molecule has 0 bridgehead atoms. The number of rotatable bonds is 4. The maximum absolute atomic E-state index is 4.22. The first kappa shape index (κ1) is 10.7. The summed E-state index contributed by atoms with van der Waals surface area (Å²) in [4.78, 5) is 4.22. The summed E-state index contributed by atoms with van der Waals surface area (Å²) in [6.45, 7) is 2.19.